The van der Waals surface area contributed by atoms with Gasteiger partial charge in [0.2, 0.25) is 5.13 Å². The third-order valence-electron chi connectivity index (χ3n) is 5.62. The molecular weight excluding hydrogens is 444 g/mol. The van der Waals surface area contributed by atoms with Crippen LogP contribution in [0, 0.1) is 13.8 Å². The van der Waals surface area contributed by atoms with Crippen molar-refractivity contribution in [3.8, 4) is 34.1 Å². The van der Waals surface area contributed by atoms with E-state index in [1.807, 2.05) is 54.6 Å². The summed E-state index contributed by atoms with van der Waals surface area (Å²) in [6.45, 7) is 4.14. The van der Waals surface area contributed by atoms with Gasteiger partial charge in [0.05, 0.1) is 25.3 Å². The van der Waals surface area contributed by atoms with Crippen molar-refractivity contribution in [1.29, 1.82) is 0 Å². The zero-order valence-electron chi connectivity index (χ0n) is 19.5. The summed E-state index contributed by atoms with van der Waals surface area (Å²) in [6.07, 6.45) is 0. The molecule has 6 heteroatoms. The van der Waals surface area contributed by atoms with Crippen LogP contribution in [-0.2, 0) is 0 Å². The van der Waals surface area contributed by atoms with Gasteiger partial charge < -0.3 is 13.9 Å². The first-order valence-electron chi connectivity index (χ1n) is 10.9. The number of rotatable bonds is 5. The number of ether oxygens (including phenoxy) is 2. The Kier molecular flexibility index (Phi) is 5.90. The molecule has 0 aliphatic heterocycles. The van der Waals surface area contributed by atoms with Crippen molar-refractivity contribution in [3.05, 3.63) is 88.6 Å². The fourth-order valence-electron chi connectivity index (χ4n) is 3.90. The van der Waals surface area contributed by atoms with Crippen LogP contribution in [0.25, 0.3) is 33.6 Å². The van der Waals surface area contributed by atoms with Crippen molar-refractivity contribution in [2.75, 3.05) is 14.2 Å². The first-order chi connectivity index (χ1) is 16.6. The molecule has 170 valence electrons. The molecule has 2 heterocycles. The number of fused-ring (bicyclic) bond motifs is 1. The predicted octanol–water partition coefficient (Wildman–Crippen LogP) is 7.09. The molecule has 0 unspecified atom stereocenters. The van der Waals surface area contributed by atoms with E-state index in [2.05, 4.69) is 32.0 Å². The van der Waals surface area contributed by atoms with Crippen LogP contribution in [0.3, 0.4) is 0 Å². The van der Waals surface area contributed by atoms with Crippen molar-refractivity contribution in [2.45, 2.75) is 13.8 Å². The van der Waals surface area contributed by atoms with Crippen LogP contribution in [0.4, 0.5) is 5.13 Å². The second kappa shape index (κ2) is 9.15. The molecule has 0 amide bonds. The van der Waals surface area contributed by atoms with E-state index in [1.54, 1.807) is 25.6 Å². The van der Waals surface area contributed by atoms with Gasteiger partial charge in [-0.1, -0.05) is 53.3 Å². The number of hydrogen-bond donors (Lipinski definition) is 0. The van der Waals surface area contributed by atoms with E-state index in [4.69, 9.17) is 23.9 Å². The highest BCUT2D eigenvalue weighted by atomic mass is 32.1. The third-order valence-corrected chi connectivity index (χ3v) is 6.48. The number of hydrogen-bond acceptors (Lipinski definition) is 6. The Morgan fingerprint density at radius 3 is 2.38 bits per heavy atom. The quantitative estimate of drug-likeness (QED) is 0.276. The molecule has 2 aromatic heterocycles. The van der Waals surface area contributed by atoms with Crippen LogP contribution in [0.2, 0.25) is 0 Å². The molecule has 0 saturated heterocycles. The molecule has 0 fully saturated rings. The van der Waals surface area contributed by atoms with E-state index in [0.29, 0.717) is 22.4 Å². The van der Waals surface area contributed by atoms with Crippen LogP contribution in [-0.4, -0.2) is 19.2 Å². The lowest BCUT2D eigenvalue weighted by atomic mass is 10.1. The van der Waals surface area contributed by atoms with Crippen molar-refractivity contribution in [1.82, 2.24) is 4.98 Å². The topological polar surface area (TPSA) is 56.9 Å². The van der Waals surface area contributed by atoms with Gasteiger partial charge in [-0.05, 0) is 44.2 Å². The van der Waals surface area contributed by atoms with Gasteiger partial charge in [0.25, 0.3) is 0 Å². The Hall–Kier alpha value is -3.90. The number of methoxy groups -OCH3 is 2. The van der Waals surface area contributed by atoms with Gasteiger partial charge in [-0.2, -0.15) is 0 Å². The van der Waals surface area contributed by atoms with Gasteiger partial charge in [-0.15, -0.1) is 0 Å². The molecule has 34 heavy (non-hydrogen) atoms. The number of thiazole rings is 1. The van der Waals surface area contributed by atoms with Gasteiger partial charge in [0.1, 0.15) is 11.3 Å². The molecule has 0 atom stereocenters. The van der Waals surface area contributed by atoms with Gasteiger partial charge >= 0.3 is 0 Å². The van der Waals surface area contributed by atoms with Gasteiger partial charge in [0.15, 0.2) is 11.5 Å². The summed E-state index contributed by atoms with van der Waals surface area (Å²) in [5.74, 6) is 1.99. The summed E-state index contributed by atoms with van der Waals surface area (Å²) in [6, 6.07) is 24.0. The zero-order chi connectivity index (χ0) is 23.7. The van der Waals surface area contributed by atoms with Crippen molar-refractivity contribution >= 4 is 27.4 Å². The zero-order valence-corrected chi connectivity index (χ0v) is 20.3. The first kappa shape index (κ1) is 21.9. The third kappa shape index (κ3) is 4.20. The van der Waals surface area contributed by atoms with Crippen LogP contribution in [0.15, 0.2) is 82.2 Å². The van der Waals surface area contributed by atoms with Crippen molar-refractivity contribution < 1.29 is 13.9 Å². The largest absolute Gasteiger partial charge is 0.493 e. The number of benzene rings is 3. The molecule has 5 nitrogen and oxygen atoms in total. The van der Waals surface area contributed by atoms with Crippen LogP contribution in [0.1, 0.15) is 10.4 Å². The van der Waals surface area contributed by atoms with E-state index in [0.717, 1.165) is 43.6 Å². The van der Waals surface area contributed by atoms with E-state index in [1.165, 1.54) is 0 Å². The molecule has 0 bridgehead atoms. The minimum absolute atomic E-state index is 0.640. The lowest BCUT2D eigenvalue weighted by Crippen LogP contribution is -2.03. The van der Waals surface area contributed by atoms with Crippen LogP contribution >= 0.6 is 11.3 Å². The normalized spacial score (nSPS) is 11.7. The summed E-state index contributed by atoms with van der Waals surface area (Å²) in [5, 5.41) is 2.46. The molecule has 0 radical (unpaired) electrons. The van der Waals surface area contributed by atoms with Gasteiger partial charge in [-0.25, -0.2) is 9.98 Å². The first-order valence-corrected chi connectivity index (χ1v) is 11.7. The standard InChI is InChI=1S/C28H24N2O3S/c1-17-10-12-23-21(14-17)22(16-25(33-23)20-11-13-24(31-3)26(15-20)32-4)29-28-30-27(18(2)34-28)19-8-6-5-7-9-19/h5-16H,1-4H3. The predicted molar refractivity (Wildman–Crippen MR) is 137 cm³/mol. The molecule has 0 N–H and O–H groups in total. The summed E-state index contributed by atoms with van der Waals surface area (Å²) in [4.78, 5) is 10.9. The van der Waals surface area contributed by atoms with Gasteiger partial charge in [-0.3, -0.25) is 0 Å². The highest BCUT2D eigenvalue weighted by Crippen LogP contribution is 2.34. The lowest BCUT2D eigenvalue weighted by Gasteiger charge is -2.10. The molecule has 5 aromatic rings. The maximum Gasteiger partial charge on any atom is 0.210 e. The molecule has 0 spiro atoms. The van der Waals surface area contributed by atoms with Crippen LogP contribution < -0.4 is 14.8 Å². The Bertz CT molecular complexity index is 1550. The smallest absolute Gasteiger partial charge is 0.210 e. The molecule has 0 aliphatic carbocycles. The fraction of sp³-hybridized carbons (Fsp3) is 0.143. The monoisotopic (exact) mass is 468 g/mol. The van der Waals surface area contributed by atoms with Crippen LogP contribution in [0.5, 0.6) is 11.5 Å². The summed E-state index contributed by atoms with van der Waals surface area (Å²) in [7, 11) is 3.24. The summed E-state index contributed by atoms with van der Waals surface area (Å²) < 4.78 is 17.1. The number of aryl methyl sites for hydroxylation is 2. The summed E-state index contributed by atoms with van der Waals surface area (Å²) in [5.41, 5.74) is 4.82. The Morgan fingerprint density at radius 1 is 0.824 bits per heavy atom. The molecule has 0 saturated carbocycles. The van der Waals surface area contributed by atoms with Gasteiger partial charge in [0, 0.05) is 27.5 Å². The Balaban J connectivity index is 1.70. The van der Waals surface area contributed by atoms with E-state index in [9.17, 15) is 0 Å². The Labute approximate surface area is 202 Å². The van der Waals surface area contributed by atoms with E-state index >= 15 is 0 Å². The number of nitrogens with zero attached hydrogens (tertiary/aromatic N) is 2. The SMILES string of the molecule is COc1ccc(-c2cc(=Nc3nc(-c4ccccc4)c(C)s3)c3cc(C)ccc3o2)cc1OC. The maximum absolute atomic E-state index is 6.28. The Morgan fingerprint density at radius 2 is 1.62 bits per heavy atom. The minimum atomic E-state index is 0.640. The second-order valence-corrected chi connectivity index (χ2v) is 9.13. The second-order valence-electron chi connectivity index (χ2n) is 7.94. The molecular formula is C28H24N2O3S. The minimum Gasteiger partial charge on any atom is -0.493 e. The molecule has 5 rings (SSSR count). The molecule has 0 aliphatic rings. The number of aromatic nitrogens is 1. The van der Waals surface area contributed by atoms with E-state index < -0.39 is 0 Å². The van der Waals surface area contributed by atoms with Crippen molar-refractivity contribution in [2.24, 2.45) is 4.99 Å². The van der Waals surface area contributed by atoms with Crippen molar-refractivity contribution in [3.63, 3.8) is 0 Å². The highest BCUT2D eigenvalue weighted by Gasteiger charge is 2.12. The average Bonchev–Trinajstić information content (AvgIpc) is 3.24. The average molecular weight is 469 g/mol. The highest BCUT2D eigenvalue weighted by molar-refractivity contribution is 7.15. The van der Waals surface area contributed by atoms with E-state index in [-0.39, 0.29) is 0 Å². The molecule has 3 aromatic carbocycles. The summed E-state index contributed by atoms with van der Waals surface area (Å²) >= 11 is 1.58. The fourth-order valence-corrected chi connectivity index (χ4v) is 4.72. The maximum atomic E-state index is 6.28. The lowest BCUT2D eigenvalue weighted by molar-refractivity contribution is 0.355.